The lowest BCUT2D eigenvalue weighted by Crippen LogP contribution is -2.47. The van der Waals surface area contributed by atoms with E-state index in [9.17, 15) is 24.3 Å². The summed E-state index contributed by atoms with van der Waals surface area (Å²) in [5.41, 5.74) is 9.00. The molecule has 0 saturated carbocycles. The third-order valence-electron chi connectivity index (χ3n) is 10.1. The van der Waals surface area contributed by atoms with Gasteiger partial charge in [0.05, 0.1) is 22.3 Å². The van der Waals surface area contributed by atoms with Crippen molar-refractivity contribution in [2.45, 2.75) is 153 Å². The quantitative estimate of drug-likeness (QED) is 0.0481. The number of carboxylic acids is 1. The maximum absolute atomic E-state index is 13.2. The minimum absolute atomic E-state index is 0. The number of aliphatic carboxylic acids is 1. The summed E-state index contributed by atoms with van der Waals surface area (Å²) in [7, 11) is 0. The van der Waals surface area contributed by atoms with Crippen LogP contribution < -0.4 is 40.6 Å². The molecule has 6 aromatic carbocycles. The Hall–Kier alpha value is -7.62. The van der Waals surface area contributed by atoms with Crippen molar-refractivity contribution >= 4 is 58.6 Å². The maximum Gasteiger partial charge on any atom is 0.408 e. The number of nitrogens with two attached hydrogens (primary N) is 1. The SMILES string of the molecule is C.C.C.CC(C)(C)OC(=O)NC(Cc1ccc(OCc2ccccc2)cc1)C(=O)O.CC(C)Oc1ccc(N)cc1Cl.CC(C)Oc1ccc(NC(=O)C(Cc2ccc(OCc3ccccc3)cc2)NC(=O)OC(C)(C)C)cc1Cl. The molecule has 436 valence electrons. The molecule has 0 aromatic heterocycles. The molecule has 0 spiro atoms. The second-order valence-corrected chi connectivity index (χ2v) is 21.0. The van der Waals surface area contributed by atoms with E-state index in [1.54, 1.807) is 102 Å². The number of benzene rings is 6. The fraction of sp³-hybridized carbons (Fsp3) is 0.365. The van der Waals surface area contributed by atoms with Gasteiger partial charge in [0.1, 0.15) is 59.5 Å². The lowest BCUT2D eigenvalue weighted by atomic mass is 10.0. The Labute approximate surface area is 484 Å². The summed E-state index contributed by atoms with van der Waals surface area (Å²) in [5.74, 6) is 1.07. The van der Waals surface area contributed by atoms with Gasteiger partial charge < -0.3 is 55.2 Å². The van der Waals surface area contributed by atoms with E-state index in [0.29, 0.717) is 57.6 Å². The van der Waals surface area contributed by atoms with Gasteiger partial charge in [-0.1, -0.05) is 130 Å². The predicted octanol–water partition coefficient (Wildman–Crippen LogP) is 15.2. The van der Waals surface area contributed by atoms with Crippen LogP contribution in [0.3, 0.4) is 0 Å². The molecule has 3 amide bonds. The molecule has 0 bridgehead atoms. The van der Waals surface area contributed by atoms with E-state index in [4.69, 9.17) is 57.4 Å². The van der Waals surface area contributed by atoms with Crippen molar-refractivity contribution in [3.8, 4) is 23.0 Å². The van der Waals surface area contributed by atoms with Gasteiger partial charge in [-0.3, -0.25) is 4.79 Å². The fourth-order valence-corrected chi connectivity index (χ4v) is 7.19. The number of halogens is 2. The molecular formula is C63H84Cl2N4O11. The number of carboxylic acid groups (broad SMARTS) is 1. The molecule has 6 N–H and O–H groups in total. The van der Waals surface area contributed by atoms with Crippen molar-refractivity contribution in [1.29, 1.82) is 0 Å². The minimum Gasteiger partial charge on any atom is -0.489 e. The third kappa shape index (κ3) is 27.8. The summed E-state index contributed by atoms with van der Waals surface area (Å²) in [5, 5.41) is 18.2. The first kappa shape index (κ1) is 70.4. The highest BCUT2D eigenvalue weighted by Gasteiger charge is 2.26. The Balaban J connectivity index is 0.000000663. The van der Waals surface area contributed by atoms with E-state index in [2.05, 4.69) is 16.0 Å². The van der Waals surface area contributed by atoms with E-state index in [1.807, 2.05) is 113 Å². The molecule has 6 rings (SSSR count). The van der Waals surface area contributed by atoms with Crippen molar-refractivity contribution in [2.75, 3.05) is 11.1 Å². The molecule has 0 aliphatic rings. The Morgan fingerprint density at radius 3 is 1.29 bits per heavy atom. The first-order valence-electron chi connectivity index (χ1n) is 25.0. The number of ether oxygens (including phenoxy) is 6. The van der Waals surface area contributed by atoms with Crippen LogP contribution in [0.1, 0.15) is 114 Å². The van der Waals surface area contributed by atoms with Crippen LogP contribution in [0, 0.1) is 0 Å². The van der Waals surface area contributed by atoms with Gasteiger partial charge in [0.15, 0.2) is 0 Å². The van der Waals surface area contributed by atoms with Crippen LogP contribution in [-0.4, -0.2) is 64.7 Å². The van der Waals surface area contributed by atoms with Crippen molar-refractivity contribution in [2.24, 2.45) is 0 Å². The Bertz CT molecular complexity index is 2790. The van der Waals surface area contributed by atoms with Gasteiger partial charge >= 0.3 is 18.2 Å². The molecule has 6 aromatic rings. The van der Waals surface area contributed by atoms with Crippen LogP contribution in [-0.2, 0) is 45.1 Å². The molecule has 17 heteroatoms. The first-order chi connectivity index (χ1) is 36.3. The van der Waals surface area contributed by atoms with Crippen LogP contribution >= 0.6 is 23.2 Å². The highest BCUT2D eigenvalue weighted by atomic mass is 35.5. The number of rotatable bonds is 19. The third-order valence-corrected chi connectivity index (χ3v) is 10.7. The number of nitrogens with one attached hydrogen (secondary N) is 3. The molecule has 0 heterocycles. The second-order valence-electron chi connectivity index (χ2n) is 20.1. The number of nitrogen functional groups attached to an aromatic ring is 1. The summed E-state index contributed by atoms with van der Waals surface area (Å²) >= 11 is 12.2. The number of carbonyl (C=O) groups is 4. The smallest absolute Gasteiger partial charge is 0.408 e. The Kier molecular flexibility index (Phi) is 30.3. The summed E-state index contributed by atoms with van der Waals surface area (Å²) in [6.07, 6.45) is -0.951. The van der Waals surface area contributed by atoms with Crippen molar-refractivity contribution in [3.05, 3.63) is 178 Å². The average molecular weight is 1140 g/mol. The predicted molar refractivity (Wildman–Crippen MR) is 323 cm³/mol. The van der Waals surface area contributed by atoms with Gasteiger partial charge in [0.25, 0.3) is 0 Å². The van der Waals surface area contributed by atoms with Crippen LogP contribution in [0.5, 0.6) is 23.0 Å². The molecule has 0 radical (unpaired) electrons. The Morgan fingerprint density at radius 1 is 0.525 bits per heavy atom. The zero-order chi connectivity index (χ0) is 56.7. The number of alkyl carbamates (subject to hydrolysis) is 2. The van der Waals surface area contributed by atoms with E-state index < -0.39 is 47.3 Å². The number of anilines is 2. The largest absolute Gasteiger partial charge is 0.489 e. The lowest BCUT2D eigenvalue weighted by molar-refractivity contribution is -0.139. The topological polar surface area (TPSA) is 206 Å². The van der Waals surface area contributed by atoms with Crippen molar-refractivity contribution in [1.82, 2.24) is 10.6 Å². The van der Waals surface area contributed by atoms with Crippen molar-refractivity contribution < 1.29 is 52.7 Å². The van der Waals surface area contributed by atoms with Crippen LogP contribution in [0.15, 0.2) is 146 Å². The number of carbonyl (C=O) groups excluding carboxylic acids is 3. The van der Waals surface area contributed by atoms with Gasteiger partial charge in [-0.2, -0.15) is 0 Å². The maximum atomic E-state index is 13.2. The molecule has 0 saturated heterocycles. The highest BCUT2D eigenvalue weighted by molar-refractivity contribution is 6.32. The van der Waals surface area contributed by atoms with Crippen LogP contribution in [0.2, 0.25) is 10.0 Å². The van der Waals surface area contributed by atoms with Crippen LogP contribution in [0.25, 0.3) is 0 Å². The molecule has 2 unspecified atom stereocenters. The zero-order valence-electron chi connectivity index (χ0n) is 45.4. The van der Waals surface area contributed by atoms with Gasteiger partial charge in [0, 0.05) is 24.2 Å². The summed E-state index contributed by atoms with van der Waals surface area (Å²) in [6.45, 7) is 19.1. The van der Waals surface area contributed by atoms with Gasteiger partial charge in [-0.15, -0.1) is 0 Å². The molecule has 0 fully saturated rings. The summed E-state index contributed by atoms with van der Waals surface area (Å²) in [6, 6.07) is 42.5. The monoisotopic (exact) mass is 1140 g/mol. The second kappa shape index (κ2) is 34.4. The fourth-order valence-electron chi connectivity index (χ4n) is 6.73. The van der Waals surface area contributed by atoms with E-state index in [0.717, 1.165) is 22.3 Å². The molecule has 80 heavy (non-hydrogen) atoms. The molecular weight excluding hydrogens is 1060 g/mol. The van der Waals surface area contributed by atoms with Crippen LogP contribution in [0.4, 0.5) is 21.0 Å². The number of hydrogen-bond acceptors (Lipinski definition) is 11. The summed E-state index contributed by atoms with van der Waals surface area (Å²) < 4.78 is 33.1. The summed E-state index contributed by atoms with van der Waals surface area (Å²) in [4.78, 5) is 49.0. The molecule has 0 aliphatic heterocycles. The number of hydrogen-bond donors (Lipinski definition) is 5. The normalized spacial score (nSPS) is 11.3. The molecule has 0 aliphatic carbocycles. The highest BCUT2D eigenvalue weighted by Crippen LogP contribution is 2.29. The standard InChI is InChI=1S/C30H35ClN2O5.C21H25NO5.C9H12ClNO.3CH4/c1-20(2)37-27-16-13-23(18-25(27)31)32-28(34)26(33-29(35)38-30(3,4)5)17-21-11-14-24(15-12-21)36-19-22-9-7-6-8-10-22;1-21(2,3)27-20(25)22-18(19(23)24)13-15-9-11-17(12-10-15)26-14-16-7-5-4-6-8-16;1-6(2)12-9-4-3-7(11)5-8(9)10;;;/h6-16,18,20,26H,17,19H2,1-5H3,(H,32,34)(H,33,35);4-12,18H,13-14H2,1-3H3,(H,22,25)(H,23,24);3-6H,11H2,1-2H3;3*1H4. The van der Waals surface area contributed by atoms with Gasteiger partial charge in [0.2, 0.25) is 5.91 Å². The van der Waals surface area contributed by atoms with E-state index in [-0.39, 0.29) is 47.3 Å². The number of amides is 3. The van der Waals surface area contributed by atoms with E-state index >= 15 is 0 Å². The average Bonchev–Trinajstić information content (AvgIpc) is 3.34. The lowest BCUT2D eigenvalue weighted by Gasteiger charge is -2.23. The first-order valence-corrected chi connectivity index (χ1v) is 25.8. The Morgan fingerprint density at radius 2 is 0.912 bits per heavy atom. The minimum atomic E-state index is -1.12. The molecule has 2 atom stereocenters. The van der Waals surface area contributed by atoms with Gasteiger partial charge in [-0.25, -0.2) is 14.4 Å². The molecule has 15 nitrogen and oxygen atoms in total. The zero-order valence-corrected chi connectivity index (χ0v) is 46.9. The van der Waals surface area contributed by atoms with Crippen molar-refractivity contribution in [3.63, 3.8) is 0 Å². The van der Waals surface area contributed by atoms with Gasteiger partial charge in [-0.05, 0) is 152 Å². The van der Waals surface area contributed by atoms with E-state index in [1.165, 1.54) is 0 Å².